The smallest absolute Gasteiger partial charge is 0.471 e. The van der Waals surface area contributed by atoms with Crippen LogP contribution >= 0.6 is 11.3 Å². The molecule has 7 heteroatoms. The Morgan fingerprint density at radius 1 is 1.36 bits per heavy atom. The van der Waals surface area contributed by atoms with Crippen molar-refractivity contribution in [3.8, 4) is 16.2 Å². The van der Waals surface area contributed by atoms with Crippen molar-refractivity contribution in [2.45, 2.75) is 25.4 Å². The second-order valence-corrected chi connectivity index (χ2v) is 7.08. The monoisotopic (exact) mass is 369 g/mol. The zero-order valence-electron chi connectivity index (χ0n) is 13.9. The SMILES string of the molecule is COc1cc2c(cc1-c1cccs1)C(C)CN(C(=O)C(F)(F)F)CC2. The van der Waals surface area contributed by atoms with Crippen molar-refractivity contribution >= 4 is 17.2 Å². The summed E-state index contributed by atoms with van der Waals surface area (Å²) in [6, 6.07) is 7.81. The zero-order valence-corrected chi connectivity index (χ0v) is 14.7. The van der Waals surface area contributed by atoms with E-state index in [0.717, 1.165) is 26.5 Å². The van der Waals surface area contributed by atoms with E-state index in [-0.39, 0.29) is 19.0 Å². The van der Waals surface area contributed by atoms with Gasteiger partial charge < -0.3 is 9.64 Å². The minimum atomic E-state index is -4.84. The zero-order chi connectivity index (χ0) is 18.2. The molecule has 0 radical (unpaired) electrons. The Hall–Kier alpha value is -2.02. The Bertz CT molecular complexity index is 771. The molecule has 1 aromatic heterocycles. The molecule has 1 atom stereocenters. The van der Waals surface area contributed by atoms with Gasteiger partial charge in [-0.05, 0) is 47.0 Å². The normalized spacial score (nSPS) is 17.8. The van der Waals surface area contributed by atoms with Crippen LogP contribution in [0.25, 0.3) is 10.4 Å². The summed E-state index contributed by atoms with van der Waals surface area (Å²) in [6.45, 7) is 1.96. The summed E-state index contributed by atoms with van der Waals surface area (Å²) >= 11 is 1.58. The molecule has 0 saturated heterocycles. The van der Waals surface area contributed by atoms with Gasteiger partial charge in [-0.2, -0.15) is 13.2 Å². The van der Waals surface area contributed by atoms with E-state index in [1.807, 2.05) is 36.6 Å². The number of fused-ring (bicyclic) bond motifs is 1. The van der Waals surface area contributed by atoms with E-state index in [0.29, 0.717) is 12.2 Å². The van der Waals surface area contributed by atoms with Crippen molar-refractivity contribution in [1.29, 1.82) is 0 Å². The topological polar surface area (TPSA) is 29.5 Å². The van der Waals surface area contributed by atoms with Gasteiger partial charge in [0, 0.05) is 23.5 Å². The van der Waals surface area contributed by atoms with Crippen LogP contribution in [0, 0.1) is 0 Å². The standard InChI is InChI=1S/C18H18F3NO2S/c1-11-10-22(17(23)18(19,20)21)6-5-12-8-15(24-2)14(9-13(11)12)16-4-3-7-25-16/h3-4,7-9,11H,5-6,10H2,1-2H3. The van der Waals surface area contributed by atoms with Gasteiger partial charge in [-0.1, -0.05) is 13.0 Å². The Kier molecular flexibility index (Phi) is 4.77. The number of hydrogen-bond acceptors (Lipinski definition) is 3. The average molecular weight is 369 g/mol. The third kappa shape index (κ3) is 3.51. The lowest BCUT2D eigenvalue weighted by Gasteiger charge is -2.24. The average Bonchev–Trinajstić information content (AvgIpc) is 3.05. The summed E-state index contributed by atoms with van der Waals surface area (Å²) in [7, 11) is 1.58. The van der Waals surface area contributed by atoms with Crippen molar-refractivity contribution in [2.75, 3.05) is 20.2 Å². The van der Waals surface area contributed by atoms with Gasteiger partial charge in [0.1, 0.15) is 5.75 Å². The maximum absolute atomic E-state index is 12.8. The van der Waals surface area contributed by atoms with Crippen LogP contribution in [0.4, 0.5) is 13.2 Å². The van der Waals surface area contributed by atoms with Gasteiger partial charge in [-0.25, -0.2) is 0 Å². The number of nitrogens with zero attached hydrogens (tertiary/aromatic N) is 1. The van der Waals surface area contributed by atoms with E-state index >= 15 is 0 Å². The van der Waals surface area contributed by atoms with Crippen molar-refractivity contribution in [1.82, 2.24) is 4.90 Å². The lowest BCUT2D eigenvalue weighted by atomic mass is 9.92. The molecular weight excluding hydrogens is 351 g/mol. The van der Waals surface area contributed by atoms with E-state index in [1.54, 1.807) is 18.4 Å². The van der Waals surface area contributed by atoms with Crippen molar-refractivity contribution in [2.24, 2.45) is 0 Å². The molecule has 0 fully saturated rings. The third-order valence-corrected chi connectivity index (χ3v) is 5.36. The number of amides is 1. The molecule has 3 rings (SSSR count). The molecule has 0 bridgehead atoms. The summed E-state index contributed by atoms with van der Waals surface area (Å²) in [6.07, 6.45) is -4.46. The lowest BCUT2D eigenvalue weighted by molar-refractivity contribution is -0.185. The number of carbonyl (C=O) groups excluding carboxylic acids is 1. The molecule has 2 aromatic rings. The summed E-state index contributed by atoms with van der Waals surface area (Å²) in [5.74, 6) is -1.25. The van der Waals surface area contributed by atoms with Crippen LogP contribution in [-0.4, -0.2) is 37.2 Å². The summed E-state index contributed by atoms with van der Waals surface area (Å²) in [5.41, 5.74) is 2.84. The highest BCUT2D eigenvalue weighted by atomic mass is 32.1. The number of benzene rings is 1. The van der Waals surface area contributed by atoms with E-state index in [2.05, 4.69) is 0 Å². The first kappa shape index (κ1) is 17.8. The van der Waals surface area contributed by atoms with Gasteiger partial charge in [0.25, 0.3) is 0 Å². The molecule has 1 aliphatic rings. The predicted octanol–water partition coefficient (Wildman–Crippen LogP) is 4.47. The van der Waals surface area contributed by atoms with Gasteiger partial charge >= 0.3 is 12.1 Å². The minimum Gasteiger partial charge on any atom is -0.496 e. The number of ether oxygens (including phenoxy) is 1. The highest BCUT2D eigenvalue weighted by Gasteiger charge is 2.43. The number of hydrogen-bond donors (Lipinski definition) is 0. The van der Waals surface area contributed by atoms with Crippen LogP contribution in [0.1, 0.15) is 24.0 Å². The first-order chi connectivity index (χ1) is 11.8. The lowest BCUT2D eigenvalue weighted by Crippen LogP contribution is -2.42. The van der Waals surface area contributed by atoms with Crippen LogP contribution in [0.3, 0.4) is 0 Å². The molecule has 0 spiro atoms. The molecule has 25 heavy (non-hydrogen) atoms. The molecule has 0 N–H and O–H groups in total. The first-order valence-electron chi connectivity index (χ1n) is 7.92. The Balaban J connectivity index is 1.98. The molecule has 0 aliphatic carbocycles. The fraction of sp³-hybridized carbons (Fsp3) is 0.389. The molecule has 2 heterocycles. The quantitative estimate of drug-likeness (QED) is 0.781. The predicted molar refractivity (Wildman–Crippen MR) is 91.1 cm³/mol. The van der Waals surface area contributed by atoms with Gasteiger partial charge in [-0.3, -0.25) is 4.79 Å². The van der Waals surface area contributed by atoms with E-state index in [1.165, 1.54) is 0 Å². The van der Waals surface area contributed by atoms with Crippen molar-refractivity contribution in [3.63, 3.8) is 0 Å². The largest absolute Gasteiger partial charge is 0.496 e. The number of alkyl halides is 3. The third-order valence-electron chi connectivity index (χ3n) is 4.45. The highest BCUT2D eigenvalue weighted by Crippen LogP contribution is 2.39. The maximum atomic E-state index is 12.8. The molecule has 1 unspecified atom stereocenters. The fourth-order valence-corrected chi connectivity index (χ4v) is 3.99. The fourth-order valence-electron chi connectivity index (χ4n) is 3.25. The summed E-state index contributed by atoms with van der Waals surface area (Å²) < 4.78 is 43.8. The van der Waals surface area contributed by atoms with Gasteiger partial charge in [-0.15, -0.1) is 11.3 Å². The summed E-state index contributed by atoms with van der Waals surface area (Å²) in [4.78, 5) is 13.6. The Morgan fingerprint density at radius 3 is 2.72 bits per heavy atom. The molecule has 1 amide bonds. The van der Waals surface area contributed by atoms with Crippen molar-refractivity contribution in [3.05, 3.63) is 40.8 Å². The second kappa shape index (κ2) is 6.71. The van der Waals surface area contributed by atoms with E-state index in [9.17, 15) is 18.0 Å². The first-order valence-corrected chi connectivity index (χ1v) is 8.80. The van der Waals surface area contributed by atoms with Crippen LogP contribution in [0.2, 0.25) is 0 Å². The minimum absolute atomic E-state index is 0.0528. The molecular formula is C18H18F3NO2S. The van der Waals surface area contributed by atoms with Crippen LogP contribution < -0.4 is 4.74 Å². The maximum Gasteiger partial charge on any atom is 0.471 e. The molecule has 0 saturated carbocycles. The highest BCUT2D eigenvalue weighted by molar-refractivity contribution is 7.13. The molecule has 1 aliphatic heterocycles. The number of thiophene rings is 1. The van der Waals surface area contributed by atoms with Gasteiger partial charge in [0.05, 0.1) is 7.11 Å². The molecule has 3 nitrogen and oxygen atoms in total. The van der Waals surface area contributed by atoms with Crippen LogP contribution in [0.5, 0.6) is 5.75 Å². The number of carbonyl (C=O) groups is 1. The van der Waals surface area contributed by atoms with Crippen LogP contribution in [-0.2, 0) is 11.2 Å². The van der Waals surface area contributed by atoms with E-state index in [4.69, 9.17) is 4.74 Å². The molecule has 134 valence electrons. The second-order valence-electron chi connectivity index (χ2n) is 6.13. The number of methoxy groups -OCH3 is 1. The Morgan fingerprint density at radius 2 is 2.12 bits per heavy atom. The van der Waals surface area contributed by atoms with E-state index < -0.39 is 12.1 Å². The van der Waals surface area contributed by atoms with Crippen LogP contribution in [0.15, 0.2) is 29.6 Å². The van der Waals surface area contributed by atoms with Gasteiger partial charge in [0.2, 0.25) is 0 Å². The summed E-state index contributed by atoms with van der Waals surface area (Å²) in [5, 5.41) is 1.97. The van der Waals surface area contributed by atoms with Crippen molar-refractivity contribution < 1.29 is 22.7 Å². The molecule has 1 aromatic carbocycles. The van der Waals surface area contributed by atoms with Gasteiger partial charge in [0.15, 0.2) is 0 Å². The number of rotatable bonds is 2. The number of halogens is 3. The Labute approximate surface area is 148 Å².